The summed E-state index contributed by atoms with van der Waals surface area (Å²) in [6.07, 6.45) is 3.07. The number of hydrogen-bond donors (Lipinski definition) is 0. The highest BCUT2D eigenvalue weighted by molar-refractivity contribution is 7.85. The van der Waals surface area contributed by atoms with Crippen LogP contribution in [-0.4, -0.2) is 13.0 Å². The van der Waals surface area contributed by atoms with Gasteiger partial charge in [-0.1, -0.05) is 30.3 Å². The van der Waals surface area contributed by atoms with Crippen LogP contribution >= 0.6 is 0 Å². The fourth-order valence-corrected chi connectivity index (χ4v) is 2.05. The van der Waals surface area contributed by atoms with Gasteiger partial charge in [-0.05, 0) is 6.07 Å². The van der Waals surface area contributed by atoms with E-state index in [2.05, 4.69) is 0 Å². The Morgan fingerprint density at radius 3 is 2.41 bits per heavy atom. The Bertz CT molecular complexity index is 609. The molecule has 0 fully saturated rings. The quantitative estimate of drug-likeness (QED) is 0.600. The predicted octanol–water partition coefficient (Wildman–Crippen LogP) is 0.927. The van der Waals surface area contributed by atoms with Crippen LogP contribution in [0.2, 0.25) is 0 Å². The molecule has 1 aromatic heterocycles. The van der Waals surface area contributed by atoms with E-state index in [0.717, 1.165) is 5.56 Å². The molecule has 0 radical (unpaired) electrons. The Hall–Kier alpha value is -1.72. The predicted molar refractivity (Wildman–Crippen MR) is 60.1 cm³/mol. The van der Waals surface area contributed by atoms with E-state index >= 15 is 0 Å². The van der Waals surface area contributed by atoms with Crippen molar-refractivity contribution in [3.8, 4) is 0 Å². The summed E-state index contributed by atoms with van der Waals surface area (Å²) in [5.41, 5.74) is 1.04. The smallest absolute Gasteiger partial charge is 0.186 e. The van der Waals surface area contributed by atoms with Crippen LogP contribution in [0.1, 0.15) is 5.56 Å². The first kappa shape index (κ1) is 11.8. The molecule has 0 amide bonds. The van der Waals surface area contributed by atoms with Gasteiger partial charge in [0.25, 0.3) is 0 Å². The molecular formula is C12H11NO3S. The highest BCUT2D eigenvalue weighted by Crippen LogP contribution is 2.04. The van der Waals surface area contributed by atoms with E-state index in [-0.39, 0.29) is 4.90 Å². The molecule has 4 nitrogen and oxygen atoms in total. The Morgan fingerprint density at radius 1 is 1.06 bits per heavy atom. The average Bonchev–Trinajstić information content (AvgIpc) is 2.29. The third kappa shape index (κ3) is 3.12. The summed E-state index contributed by atoms with van der Waals surface area (Å²) in [7, 11) is -4.39. The van der Waals surface area contributed by atoms with Crippen LogP contribution in [0.5, 0.6) is 0 Å². The zero-order valence-corrected chi connectivity index (χ0v) is 9.80. The van der Waals surface area contributed by atoms with Gasteiger partial charge in [0, 0.05) is 11.6 Å². The molecule has 2 aromatic rings. The molecule has 0 atom stereocenters. The van der Waals surface area contributed by atoms with Crippen molar-refractivity contribution in [3.05, 3.63) is 60.4 Å². The molecular weight excluding hydrogens is 238 g/mol. The maximum absolute atomic E-state index is 10.9. The zero-order valence-electron chi connectivity index (χ0n) is 8.98. The van der Waals surface area contributed by atoms with Gasteiger partial charge in [0.2, 0.25) is 0 Å². The first-order valence-corrected chi connectivity index (χ1v) is 6.45. The van der Waals surface area contributed by atoms with E-state index < -0.39 is 10.1 Å². The van der Waals surface area contributed by atoms with Crippen molar-refractivity contribution in [2.45, 2.75) is 11.4 Å². The van der Waals surface area contributed by atoms with Crippen molar-refractivity contribution >= 4 is 10.1 Å². The molecule has 0 N–H and O–H groups in total. The van der Waals surface area contributed by atoms with Crippen molar-refractivity contribution in [2.24, 2.45) is 0 Å². The lowest BCUT2D eigenvalue weighted by Crippen LogP contribution is -2.34. The van der Waals surface area contributed by atoms with Gasteiger partial charge in [-0.2, -0.15) is 4.57 Å². The van der Waals surface area contributed by atoms with Gasteiger partial charge in [0.15, 0.2) is 18.9 Å². The van der Waals surface area contributed by atoms with Gasteiger partial charge in [-0.3, -0.25) is 0 Å². The van der Waals surface area contributed by atoms with E-state index in [1.54, 1.807) is 16.8 Å². The molecule has 0 aliphatic heterocycles. The van der Waals surface area contributed by atoms with Crippen LogP contribution in [0.3, 0.4) is 0 Å². The Balaban J connectivity index is 2.29. The van der Waals surface area contributed by atoms with Gasteiger partial charge in [-0.15, -0.1) is 0 Å². The number of rotatable bonds is 3. The molecule has 0 saturated carbocycles. The fraction of sp³-hybridized carbons (Fsp3) is 0.0833. The lowest BCUT2D eigenvalue weighted by molar-refractivity contribution is -0.690. The van der Waals surface area contributed by atoms with E-state index in [1.807, 2.05) is 30.3 Å². The summed E-state index contributed by atoms with van der Waals surface area (Å²) >= 11 is 0. The number of aromatic nitrogens is 1. The summed E-state index contributed by atoms with van der Waals surface area (Å²) in [5, 5.41) is 0. The highest BCUT2D eigenvalue weighted by atomic mass is 32.2. The molecule has 0 aliphatic carbocycles. The maximum atomic E-state index is 10.9. The van der Waals surface area contributed by atoms with Crippen molar-refractivity contribution in [2.75, 3.05) is 0 Å². The number of nitrogens with zero attached hydrogens (tertiary/aromatic N) is 1. The summed E-state index contributed by atoms with van der Waals surface area (Å²) in [5.74, 6) is 0. The number of pyridine rings is 1. The SMILES string of the molecule is O=S(=O)([O-])c1ccc[n+](Cc2ccccc2)c1. The molecule has 1 heterocycles. The molecule has 17 heavy (non-hydrogen) atoms. The van der Waals surface area contributed by atoms with Gasteiger partial charge < -0.3 is 4.55 Å². The monoisotopic (exact) mass is 249 g/mol. The molecule has 0 spiro atoms. The molecule has 0 saturated heterocycles. The minimum absolute atomic E-state index is 0.212. The molecule has 0 unspecified atom stereocenters. The average molecular weight is 249 g/mol. The van der Waals surface area contributed by atoms with Crippen LogP contribution in [0.15, 0.2) is 59.8 Å². The maximum Gasteiger partial charge on any atom is 0.186 e. The normalized spacial score (nSPS) is 11.4. The fourth-order valence-electron chi connectivity index (χ4n) is 1.54. The van der Waals surface area contributed by atoms with Crippen molar-refractivity contribution in [1.29, 1.82) is 0 Å². The minimum atomic E-state index is -4.39. The van der Waals surface area contributed by atoms with Gasteiger partial charge in [0.05, 0.1) is 0 Å². The van der Waals surface area contributed by atoms with Gasteiger partial charge in [0.1, 0.15) is 15.0 Å². The molecule has 0 aliphatic rings. The second-order valence-electron chi connectivity index (χ2n) is 3.65. The van der Waals surface area contributed by atoms with E-state index in [9.17, 15) is 13.0 Å². The topological polar surface area (TPSA) is 61.1 Å². The summed E-state index contributed by atoms with van der Waals surface area (Å²) < 4.78 is 34.3. The van der Waals surface area contributed by atoms with Crippen LogP contribution in [0, 0.1) is 0 Å². The molecule has 1 aromatic carbocycles. The number of hydrogen-bond acceptors (Lipinski definition) is 3. The minimum Gasteiger partial charge on any atom is -0.744 e. The van der Waals surface area contributed by atoms with Crippen molar-refractivity contribution in [1.82, 2.24) is 0 Å². The third-order valence-corrected chi connectivity index (χ3v) is 3.15. The van der Waals surface area contributed by atoms with E-state index in [4.69, 9.17) is 0 Å². The standard InChI is InChI=1S/C12H11NO3S/c14-17(15,16)12-7-4-8-13(10-12)9-11-5-2-1-3-6-11/h1-8,10H,9H2. The Morgan fingerprint density at radius 2 is 1.76 bits per heavy atom. The molecule has 2 rings (SSSR count). The Kier molecular flexibility index (Phi) is 3.21. The summed E-state index contributed by atoms with van der Waals surface area (Å²) in [6, 6.07) is 12.4. The van der Waals surface area contributed by atoms with Crippen LogP contribution in [-0.2, 0) is 16.7 Å². The highest BCUT2D eigenvalue weighted by Gasteiger charge is 2.08. The van der Waals surface area contributed by atoms with E-state index in [1.165, 1.54) is 12.3 Å². The van der Waals surface area contributed by atoms with Crippen LogP contribution in [0.4, 0.5) is 0 Å². The lowest BCUT2D eigenvalue weighted by Gasteiger charge is -2.05. The molecule has 5 heteroatoms. The zero-order chi connectivity index (χ0) is 12.3. The first-order valence-electron chi connectivity index (χ1n) is 5.05. The second kappa shape index (κ2) is 4.65. The van der Waals surface area contributed by atoms with Gasteiger partial charge >= 0.3 is 0 Å². The van der Waals surface area contributed by atoms with Crippen LogP contribution < -0.4 is 4.57 Å². The van der Waals surface area contributed by atoms with Crippen LogP contribution in [0.25, 0.3) is 0 Å². The van der Waals surface area contributed by atoms with Gasteiger partial charge in [-0.25, -0.2) is 8.42 Å². The molecule has 88 valence electrons. The lowest BCUT2D eigenvalue weighted by atomic mass is 10.2. The van der Waals surface area contributed by atoms with E-state index in [0.29, 0.717) is 6.54 Å². The largest absolute Gasteiger partial charge is 0.744 e. The second-order valence-corrected chi connectivity index (χ2v) is 5.03. The summed E-state index contributed by atoms with van der Waals surface area (Å²) in [4.78, 5) is -0.212. The van der Waals surface area contributed by atoms with Crippen molar-refractivity contribution < 1.29 is 17.5 Å². The first-order chi connectivity index (χ1) is 8.05. The summed E-state index contributed by atoms with van der Waals surface area (Å²) in [6.45, 7) is 0.532. The Labute approximate surface area is 99.9 Å². The van der Waals surface area contributed by atoms with Crippen molar-refractivity contribution in [3.63, 3.8) is 0 Å². The third-order valence-electron chi connectivity index (χ3n) is 2.33. The number of benzene rings is 1. The molecule has 0 bridgehead atoms.